The number of pyridine rings is 1. The predicted octanol–water partition coefficient (Wildman–Crippen LogP) is 3.41. The van der Waals surface area contributed by atoms with Crippen molar-refractivity contribution in [2.24, 2.45) is 0 Å². The SMILES string of the molecule is COCCNc1cc(C(=O)Nc2cccc(C(F)(F)F)c2)ccn1. The average Bonchev–Trinajstić information content (AvgIpc) is 2.55. The van der Waals surface area contributed by atoms with Gasteiger partial charge in [0, 0.05) is 31.1 Å². The van der Waals surface area contributed by atoms with E-state index in [-0.39, 0.29) is 11.3 Å². The first-order valence-electron chi connectivity index (χ1n) is 7.07. The number of ether oxygens (including phenoxy) is 1. The minimum absolute atomic E-state index is 0.0699. The summed E-state index contributed by atoms with van der Waals surface area (Å²) >= 11 is 0. The van der Waals surface area contributed by atoms with Crippen LogP contribution in [0, 0.1) is 0 Å². The number of alkyl halides is 3. The van der Waals surface area contributed by atoms with Crippen LogP contribution in [-0.2, 0) is 10.9 Å². The van der Waals surface area contributed by atoms with E-state index in [2.05, 4.69) is 15.6 Å². The van der Waals surface area contributed by atoms with Crippen molar-refractivity contribution in [3.63, 3.8) is 0 Å². The van der Waals surface area contributed by atoms with Crippen LogP contribution >= 0.6 is 0 Å². The molecule has 0 radical (unpaired) electrons. The Morgan fingerprint density at radius 3 is 2.75 bits per heavy atom. The van der Waals surface area contributed by atoms with Gasteiger partial charge in [0.2, 0.25) is 0 Å². The molecule has 2 aromatic rings. The van der Waals surface area contributed by atoms with Gasteiger partial charge in [-0.05, 0) is 30.3 Å². The molecule has 0 unspecified atom stereocenters. The van der Waals surface area contributed by atoms with Crippen LogP contribution in [0.1, 0.15) is 15.9 Å². The molecule has 8 heteroatoms. The normalized spacial score (nSPS) is 11.2. The number of hydrogen-bond donors (Lipinski definition) is 2. The molecule has 0 aliphatic heterocycles. The quantitative estimate of drug-likeness (QED) is 0.792. The second-order valence-corrected chi connectivity index (χ2v) is 4.88. The van der Waals surface area contributed by atoms with Gasteiger partial charge in [-0.3, -0.25) is 4.79 Å². The lowest BCUT2D eigenvalue weighted by atomic mass is 10.2. The summed E-state index contributed by atoms with van der Waals surface area (Å²) in [6, 6.07) is 7.45. The van der Waals surface area contributed by atoms with Gasteiger partial charge < -0.3 is 15.4 Å². The summed E-state index contributed by atoms with van der Waals surface area (Å²) in [5.74, 6) is -0.0461. The fourth-order valence-corrected chi connectivity index (χ4v) is 1.93. The number of methoxy groups -OCH3 is 1. The molecule has 1 aromatic carbocycles. The van der Waals surface area contributed by atoms with Crippen molar-refractivity contribution in [2.45, 2.75) is 6.18 Å². The second kappa shape index (κ2) is 7.78. The van der Waals surface area contributed by atoms with Gasteiger partial charge in [-0.1, -0.05) is 6.07 Å². The van der Waals surface area contributed by atoms with Crippen LogP contribution in [0.15, 0.2) is 42.6 Å². The highest BCUT2D eigenvalue weighted by Gasteiger charge is 2.30. The van der Waals surface area contributed by atoms with Crippen LogP contribution in [0.3, 0.4) is 0 Å². The Hall–Kier alpha value is -2.61. The number of carbonyl (C=O) groups excluding carboxylic acids is 1. The Morgan fingerprint density at radius 2 is 2.04 bits per heavy atom. The number of aromatic nitrogens is 1. The minimum Gasteiger partial charge on any atom is -0.383 e. The average molecular weight is 339 g/mol. The van der Waals surface area contributed by atoms with E-state index in [0.29, 0.717) is 19.0 Å². The van der Waals surface area contributed by atoms with E-state index >= 15 is 0 Å². The maximum Gasteiger partial charge on any atom is 0.416 e. The van der Waals surface area contributed by atoms with Crippen LogP contribution < -0.4 is 10.6 Å². The van der Waals surface area contributed by atoms with E-state index in [4.69, 9.17) is 4.74 Å². The van der Waals surface area contributed by atoms with Crippen LogP contribution in [0.25, 0.3) is 0 Å². The molecule has 128 valence electrons. The smallest absolute Gasteiger partial charge is 0.383 e. The summed E-state index contributed by atoms with van der Waals surface area (Å²) in [6.45, 7) is 0.991. The summed E-state index contributed by atoms with van der Waals surface area (Å²) in [7, 11) is 1.56. The molecule has 0 aliphatic rings. The van der Waals surface area contributed by atoms with E-state index < -0.39 is 17.6 Å². The molecule has 5 nitrogen and oxygen atoms in total. The molecule has 0 saturated carbocycles. The third-order valence-electron chi connectivity index (χ3n) is 3.08. The lowest BCUT2D eigenvalue weighted by Crippen LogP contribution is -2.14. The highest BCUT2D eigenvalue weighted by Crippen LogP contribution is 2.30. The lowest BCUT2D eigenvalue weighted by Gasteiger charge is -2.10. The number of halogens is 3. The zero-order chi connectivity index (χ0) is 17.6. The molecule has 2 N–H and O–H groups in total. The topological polar surface area (TPSA) is 63.2 Å². The van der Waals surface area contributed by atoms with Gasteiger partial charge in [0.05, 0.1) is 12.2 Å². The maximum atomic E-state index is 12.7. The van der Waals surface area contributed by atoms with Gasteiger partial charge in [0.25, 0.3) is 5.91 Å². The summed E-state index contributed by atoms with van der Waals surface area (Å²) in [5, 5.41) is 5.41. The second-order valence-electron chi connectivity index (χ2n) is 4.88. The van der Waals surface area contributed by atoms with E-state index in [1.165, 1.54) is 30.5 Å². The number of amides is 1. The summed E-state index contributed by atoms with van der Waals surface area (Å²) in [6.07, 6.45) is -3.02. The first-order valence-corrected chi connectivity index (χ1v) is 7.07. The Labute approximate surface area is 136 Å². The van der Waals surface area contributed by atoms with Crippen LogP contribution in [0.2, 0.25) is 0 Å². The molecule has 1 heterocycles. The van der Waals surface area contributed by atoms with Gasteiger partial charge in [0.15, 0.2) is 0 Å². The fourth-order valence-electron chi connectivity index (χ4n) is 1.93. The summed E-state index contributed by atoms with van der Waals surface area (Å²) in [5.41, 5.74) is -0.472. The van der Waals surface area contributed by atoms with Gasteiger partial charge in [-0.25, -0.2) is 4.98 Å². The van der Waals surface area contributed by atoms with Gasteiger partial charge in [-0.2, -0.15) is 13.2 Å². The van der Waals surface area contributed by atoms with Crippen molar-refractivity contribution >= 4 is 17.4 Å². The molecule has 1 aromatic heterocycles. The van der Waals surface area contributed by atoms with E-state index in [1.807, 2.05) is 0 Å². The van der Waals surface area contributed by atoms with E-state index in [0.717, 1.165) is 12.1 Å². The zero-order valence-corrected chi connectivity index (χ0v) is 12.9. The Morgan fingerprint density at radius 1 is 1.25 bits per heavy atom. The van der Waals surface area contributed by atoms with Crippen LogP contribution in [0.4, 0.5) is 24.7 Å². The van der Waals surface area contributed by atoms with Crippen LogP contribution in [-0.4, -0.2) is 31.2 Å². The van der Waals surface area contributed by atoms with Crippen molar-refractivity contribution < 1.29 is 22.7 Å². The van der Waals surface area contributed by atoms with Gasteiger partial charge in [0.1, 0.15) is 5.82 Å². The highest BCUT2D eigenvalue weighted by molar-refractivity contribution is 6.04. The summed E-state index contributed by atoms with van der Waals surface area (Å²) in [4.78, 5) is 16.2. The Bertz CT molecular complexity index is 705. The molecule has 24 heavy (non-hydrogen) atoms. The molecule has 1 amide bonds. The summed E-state index contributed by atoms with van der Waals surface area (Å²) < 4.78 is 43.0. The van der Waals surface area contributed by atoms with Crippen molar-refractivity contribution in [1.82, 2.24) is 4.98 Å². The minimum atomic E-state index is -4.46. The van der Waals surface area contributed by atoms with Gasteiger partial charge in [-0.15, -0.1) is 0 Å². The molecule has 0 saturated heterocycles. The highest BCUT2D eigenvalue weighted by atomic mass is 19.4. The fraction of sp³-hybridized carbons (Fsp3) is 0.250. The van der Waals surface area contributed by atoms with Crippen molar-refractivity contribution in [2.75, 3.05) is 30.9 Å². The number of nitrogens with one attached hydrogen (secondary N) is 2. The monoisotopic (exact) mass is 339 g/mol. The number of benzene rings is 1. The number of carbonyl (C=O) groups is 1. The van der Waals surface area contributed by atoms with Crippen molar-refractivity contribution in [3.05, 3.63) is 53.7 Å². The largest absolute Gasteiger partial charge is 0.416 e. The van der Waals surface area contributed by atoms with Crippen molar-refractivity contribution in [3.8, 4) is 0 Å². The molecule has 0 bridgehead atoms. The molecular weight excluding hydrogens is 323 g/mol. The molecule has 0 fully saturated rings. The van der Waals surface area contributed by atoms with Crippen molar-refractivity contribution in [1.29, 1.82) is 0 Å². The zero-order valence-electron chi connectivity index (χ0n) is 12.9. The molecule has 0 aliphatic carbocycles. The Kier molecular flexibility index (Phi) is 5.75. The van der Waals surface area contributed by atoms with E-state index in [9.17, 15) is 18.0 Å². The third-order valence-corrected chi connectivity index (χ3v) is 3.08. The predicted molar refractivity (Wildman–Crippen MR) is 84.0 cm³/mol. The maximum absolute atomic E-state index is 12.7. The first-order chi connectivity index (χ1) is 11.4. The standard InChI is InChI=1S/C16H16F3N3O2/c1-24-8-7-21-14-9-11(5-6-20-14)15(23)22-13-4-2-3-12(10-13)16(17,18)19/h2-6,9-10H,7-8H2,1H3,(H,20,21)(H,22,23). The molecule has 2 rings (SSSR count). The molecule has 0 atom stereocenters. The third kappa shape index (κ3) is 4.95. The Balaban J connectivity index is 2.08. The first kappa shape index (κ1) is 17.7. The number of nitrogens with zero attached hydrogens (tertiary/aromatic N) is 1. The van der Waals surface area contributed by atoms with Crippen LogP contribution in [0.5, 0.6) is 0 Å². The molecular formula is C16H16F3N3O2. The number of anilines is 2. The number of hydrogen-bond acceptors (Lipinski definition) is 4. The lowest BCUT2D eigenvalue weighted by molar-refractivity contribution is -0.137. The number of rotatable bonds is 6. The molecule has 0 spiro atoms. The van der Waals surface area contributed by atoms with E-state index in [1.54, 1.807) is 7.11 Å². The van der Waals surface area contributed by atoms with Gasteiger partial charge >= 0.3 is 6.18 Å².